The first-order valence-electron chi connectivity index (χ1n) is 7.04. The molecule has 1 fully saturated rings. The van der Waals surface area contributed by atoms with Crippen molar-refractivity contribution in [3.63, 3.8) is 0 Å². The Kier molecular flexibility index (Phi) is 6.81. The van der Waals surface area contributed by atoms with E-state index >= 15 is 0 Å². The number of piperidine rings is 1. The van der Waals surface area contributed by atoms with E-state index in [1.807, 2.05) is 0 Å². The number of pyridine rings is 1. The van der Waals surface area contributed by atoms with Crippen LogP contribution in [0, 0.1) is 0 Å². The summed E-state index contributed by atoms with van der Waals surface area (Å²) in [7, 11) is 0. The van der Waals surface area contributed by atoms with Gasteiger partial charge in [-0.05, 0) is 19.3 Å². The normalized spacial score (nSPS) is 19.2. The molecule has 0 saturated carbocycles. The van der Waals surface area contributed by atoms with E-state index in [0.29, 0.717) is 19.3 Å². The highest BCUT2D eigenvalue weighted by Gasteiger charge is 2.29. The zero-order chi connectivity index (χ0) is 19.1. The van der Waals surface area contributed by atoms with Gasteiger partial charge in [0.15, 0.2) is 5.43 Å². The summed E-state index contributed by atoms with van der Waals surface area (Å²) in [5.74, 6) is -4.69. The number of carboxylic acids is 4. The van der Waals surface area contributed by atoms with Crippen LogP contribution in [0.4, 0.5) is 0 Å². The number of aromatic nitrogens is 1. The van der Waals surface area contributed by atoms with Gasteiger partial charge in [0, 0.05) is 12.1 Å². The Hall–Kier alpha value is -3.21. The number of H-pyrrole nitrogens is 1. The van der Waals surface area contributed by atoms with Gasteiger partial charge in [-0.2, -0.15) is 0 Å². The molecule has 11 heteroatoms. The van der Waals surface area contributed by atoms with Gasteiger partial charge in [0.25, 0.3) is 0 Å². The van der Waals surface area contributed by atoms with Gasteiger partial charge in [-0.15, -0.1) is 0 Å². The van der Waals surface area contributed by atoms with Gasteiger partial charge >= 0.3 is 23.9 Å². The molecule has 2 heterocycles. The molecule has 2 unspecified atom stereocenters. The summed E-state index contributed by atoms with van der Waals surface area (Å²) in [5.41, 5.74) is -1.54. The van der Waals surface area contributed by atoms with E-state index in [-0.39, 0.29) is 0 Å². The molecule has 1 saturated heterocycles. The SMILES string of the molecule is O=C(O)C1CCCC(C(=O)O)N1.O=C(O)c1cc(=O)cc(C(=O)O)[nH]1. The third-order valence-corrected chi connectivity index (χ3v) is 3.29. The second kappa shape index (κ2) is 8.59. The Morgan fingerprint density at radius 2 is 1.24 bits per heavy atom. The van der Waals surface area contributed by atoms with Gasteiger partial charge in [0.2, 0.25) is 0 Å². The first-order chi connectivity index (χ1) is 11.6. The molecule has 6 N–H and O–H groups in total. The first kappa shape index (κ1) is 19.8. The summed E-state index contributed by atoms with van der Waals surface area (Å²) in [6, 6.07) is 0.239. The number of rotatable bonds is 4. The fourth-order valence-electron chi connectivity index (χ4n) is 2.10. The van der Waals surface area contributed by atoms with E-state index in [2.05, 4.69) is 10.3 Å². The van der Waals surface area contributed by atoms with E-state index in [9.17, 15) is 24.0 Å². The highest BCUT2D eigenvalue weighted by atomic mass is 16.4. The quantitative estimate of drug-likeness (QED) is 0.407. The number of hydrogen-bond donors (Lipinski definition) is 6. The highest BCUT2D eigenvalue weighted by Crippen LogP contribution is 2.12. The second-order valence-electron chi connectivity index (χ2n) is 5.13. The third kappa shape index (κ3) is 6.06. The number of nitrogens with one attached hydrogen (secondary N) is 2. The van der Waals surface area contributed by atoms with E-state index < -0.39 is 52.8 Å². The topological polar surface area (TPSA) is 194 Å². The van der Waals surface area contributed by atoms with E-state index in [1.54, 1.807) is 0 Å². The van der Waals surface area contributed by atoms with E-state index in [1.165, 1.54) is 0 Å². The molecule has 1 aromatic heterocycles. The summed E-state index contributed by atoms with van der Waals surface area (Å²) in [5, 5.41) is 36.6. The van der Waals surface area contributed by atoms with Crippen LogP contribution < -0.4 is 10.7 Å². The minimum atomic E-state index is -1.37. The lowest BCUT2D eigenvalue weighted by molar-refractivity contribution is -0.144. The minimum absolute atomic E-state index is 0.440. The Labute approximate surface area is 139 Å². The van der Waals surface area contributed by atoms with Crippen LogP contribution in [-0.2, 0) is 9.59 Å². The molecule has 0 spiro atoms. The van der Waals surface area contributed by atoms with Crippen LogP contribution in [0.3, 0.4) is 0 Å². The third-order valence-electron chi connectivity index (χ3n) is 3.29. The van der Waals surface area contributed by atoms with Crippen molar-refractivity contribution in [3.8, 4) is 0 Å². The molecule has 25 heavy (non-hydrogen) atoms. The minimum Gasteiger partial charge on any atom is -0.480 e. The maximum absolute atomic E-state index is 10.8. The van der Waals surface area contributed by atoms with E-state index in [0.717, 1.165) is 12.1 Å². The molecule has 0 bridgehead atoms. The number of aromatic carboxylic acids is 2. The number of carboxylic acid groups (broad SMARTS) is 4. The van der Waals surface area contributed by atoms with Crippen LogP contribution in [0.2, 0.25) is 0 Å². The Morgan fingerprint density at radius 3 is 1.56 bits per heavy atom. The molecule has 2 rings (SSSR count). The molecular weight excluding hydrogens is 340 g/mol. The Balaban J connectivity index is 0.000000251. The molecule has 1 aliphatic heterocycles. The largest absolute Gasteiger partial charge is 0.480 e. The van der Waals surface area contributed by atoms with Crippen LogP contribution in [-0.4, -0.2) is 61.4 Å². The Morgan fingerprint density at radius 1 is 0.840 bits per heavy atom. The van der Waals surface area contributed by atoms with Crippen LogP contribution in [0.1, 0.15) is 40.2 Å². The fourth-order valence-corrected chi connectivity index (χ4v) is 2.10. The monoisotopic (exact) mass is 356 g/mol. The zero-order valence-corrected chi connectivity index (χ0v) is 12.8. The fraction of sp³-hybridized carbons (Fsp3) is 0.357. The molecule has 1 aliphatic rings. The van der Waals surface area contributed by atoms with E-state index in [4.69, 9.17) is 20.4 Å². The molecule has 0 amide bonds. The van der Waals surface area contributed by atoms with Crippen molar-refractivity contribution in [2.24, 2.45) is 0 Å². The van der Waals surface area contributed by atoms with Crippen molar-refractivity contribution in [2.45, 2.75) is 31.3 Å². The first-order valence-corrected chi connectivity index (χ1v) is 7.04. The summed E-state index contributed by atoms with van der Waals surface area (Å²) in [6.07, 6.45) is 1.68. The molecule has 11 nitrogen and oxygen atoms in total. The lowest BCUT2D eigenvalue weighted by Gasteiger charge is -2.25. The standard InChI is InChI=1S/C7H5NO5.C7H11NO4/c9-3-1-4(6(10)11)8-5(2-3)7(12)13;9-6(10)4-2-1-3-5(8-4)7(11)12/h1-2H,(H,8,9)(H,10,11)(H,12,13);4-5,8H,1-3H2,(H,9,10)(H,11,12). The van der Waals surface area contributed by atoms with Gasteiger partial charge in [-0.1, -0.05) is 0 Å². The predicted octanol–water partition coefficient (Wildman–Crippen LogP) is -0.562. The van der Waals surface area contributed by atoms with Crippen molar-refractivity contribution in [2.75, 3.05) is 0 Å². The van der Waals surface area contributed by atoms with Crippen molar-refractivity contribution in [1.82, 2.24) is 10.3 Å². The summed E-state index contributed by atoms with van der Waals surface area (Å²) in [4.78, 5) is 54.5. The zero-order valence-electron chi connectivity index (χ0n) is 12.8. The van der Waals surface area contributed by atoms with Crippen molar-refractivity contribution >= 4 is 23.9 Å². The average molecular weight is 356 g/mol. The predicted molar refractivity (Wildman–Crippen MR) is 80.8 cm³/mol. The molecule has 136 valence electrons. The van der Waals surface area contributed by atoms with Crippen molar-refractivity contribution < 1.29 is 39.6 Å². The highest BCUT2D eigenvalue weighted by molar-refractivity contribution is 5.89. The average Bonchev–Trinajstić information content (AvgIpc) is 2.54. The van der Waals surface area contributed by atoms with Crippen LogP contribution >= 0.6 is 0 Å². The maximum atomic E-state index is 10.8. The Bertz CT molecular complexity index is 685. The smallest absolute Gasteiger partial charge is 0.352 e. The van der Waals surface area contributed by atoms with Crippen LogP contribution in [0.15, 0.2) is 16.9 Å². The van der Waals surface area contributed by atoms with Crippen molar-refractivity contribution in [1.29, 1.82) is 0 Å². The molecule has 1 aromatic rings. The summed E-state index contributed by atoms with van der Waals surface area (Å²) in [6.45, 7) is 0. The number of carbonyl (C=O) groups is 4. The molecular formula is C14H16N2O9. The number of aromatic amines is 1. The lowest BCUT2D eigenvalue weighted by atomic mass is 9.99. The summed E-state index contributed by atoms with van der Waals surface area (Å²) < 4.78 is 0. The molecule has 2 atom stereocenters. The van der Waals surface area contributed by atoms with Gasteiger partial charge in [0.1, 0.15) is 23.5 Å². The van der Waals surface area contributed by atoms with Crippen molar-refractivity contribution in [3.05, 3.63) is 33.7 Å². The maximum Gasteiger partial charge on any atom is 0.352 e. The van der Waals surface area contributed by atoms with Gasteiger partial charge in [-0.25, -0.2) is 9.59 Å². The van der Waals surface area contributed by atoms with Crippen LogP contribution in [0.5, 0.6) is 0 Å². The van der Waals surface area contributed by atoms with Gasteiger partial charge in [-0.3, -0.25) is 19.7 Å². The molecule has 0 aromatic carbocycles. The number of hydrogen-bond acceptors (Lipinski definition) is 6. The second-order valence-corrected chi connectivity index (χ2v) is 5.13. The molecule has 0 aliphatic carbocycles. The number of aliphatic carboxylic acids is 2. The molecule has 0 radical (unpaired) electrons. The lowest BCUT2D eigenvalue weighted by Crippen LogP contribution is -2.50. The van der Waals surface area contributed by atoms with Gasteiger partial charge in [0.05, 0.1) is 0 Å². The van der Waals surface area contributed by atoms with Crippen LogP contribution in [0.25, 0.3) is 0 Å². The summed E-state index contributed by atoms with van der Waals surface area (Å²) >= 11 is 0. The van der Waals surface area contributed by atoms with Gasteiger partial charge < -0.3 is 25.4 Å².